The van der Waals surface area contributed by atoms with Gasteiger partial charge in [-0.05, 0) is 68.4 Å². The number of benzene rings is 1. The Morgan fingerprint density at radius 1 is 1.15 bits per heavy atom. The molecule has 0 spiro atoms. The van der Waals surface area contributed by atoms with Gasteiger partial charge in [-0.15, -0.1) is 11.3 Å². The van der Waals surface area contributed by atoms with E-state index in [9.17, 15) is 4.79 Å². The first-order chi connectivity index (χ1) is 13.1. The Kier molecular flexibility index (Phi) is 5.03. The quantitative estimate of drug-likeness (QED) is 0.705. The molecule has 0 fully saturated rings. The van der Waals surface area contributed by atoms with Crippen LogP contribution in [0.3, 0.4) is 0 Å². The molecule has 0 radical (unpaired) electrons. The van der Waals surface area contributed by atoms with Gasteiger partial charge >= 0.3 is 0 Å². The molecule has 1 atom stereocenters. The predicted molar refractivity (Wildman–Crippen MR) is 109 cm³/mol. The van der Waals surface area contributed by atoms with Crippen molar-refractivity contribution in [1.82, 2.24) is 15.3 Å². The Hall–Kier alpha value is -2.53. The van der Waals surface area contributed by atoms with E-state index < -0.39 is 0 Å². The van der Waals surface area contributed by atoms with Crippen LogP contribution in [-0.2, 0) is 12.8 Å². The van der Waals surface area contributed by atoms with Crippen LogP contribution in [0.1, 0.15) is 57.9 Å². The van der Waals surface area contributed by atoms with Gasteiger partial charge < -0.3 is 5.32 Å². The number of amides is 1. The minimum Gasteiger partial charge on any atom is -0.345 e. The van der Waals surface area contributed by atoms with Gasteiger partial charge in [0.15, 0.2) is 0 Å². The van der Waals surface area contributed by atoms with Crippen molar-refractivity contribution in [3.05, 3.63) is 69.9 Å². The number of hydrogen-bond donors (Lipinski definition) is 1. The number of nitrogens with one attached hydrogen (secondary N) is 1. The van der Waals surface area contributed by atoms with Crippen LogP contribution in [0.25, 0.3) is 10.7 Å². The molecule has 0 saturated carbocycles. The SMILES string of the molecule is Cc1nc(-c2ccccn2)sc1C(=O)NC(C)c1ccc2c(c1)CCCC2. The molecule has 1 aliphatic rings. The van der Waals surface area contributed by atoms with E-state index in [0.29, 0.717) is 4.88 Å². The summed E-state index contributed by atoms with van der Waals surface area (Å²) in [5, 5.41) is 3.91. The summed E-state index contributed by atoms with van der Waals surface area (Å²) in [4.78, 5) is 22.3. The van der Waals surface area contributed by atoms with Crippen LogP contribution in [-0.4, -0.2) is 15.9 Å². The summed E-state index contributed by atoms with van der Waals surface area (Å²) in [5.74, 6) is -0.0719. The van der Waals surface area contributed by atoms with E-state index in [1.165, 1.54) is 41.7 Å². The molecular weight excluding hydrogens is 354 g/mol. The Labute approximate surface area is 163 Å². The molecule has 0 saturated heterocycles. The average molecular weight is 378 g/mol. The van der Waals surface area contributed by atoms with E-state index >= 15 is 0 Å². The zero-order chi connectivity index (χ0) is 18.8. The number of pyridine rings is 1. The monoisotopic (exact) mass is 377 g/mol. The number of hydrogen-bond acceptors (Lipinski definition) is 4. The van der Waals surface area contributed by atoms with E-state index in [4.69, 9.17) is 0 Å². The highest BCUT2D eigenvalue weighted by atomic mass is 32.1. The topological polar surface area (TPSA) is 54.9 Å². The Bertz CT molecular complexity index is 965. The van der Waals surface area contributed by atoms with Gasteiger partial charge in [0.25, 0.3) is 5.91 Å². The summed E-state index contributed by atoms with van der Waals surface area (Å²) in [6.07, 6.45) is 6.59. The fourth-order valence-electron chi connectivity index (χ4n) is 3.57. The molecule has 1 amide bonds. The summed E-state index contributed by atoms with van der Waals surface area (Å²) in [5.41, 5.74) is 5.60. The minimum atomic E-state index is -0.0719. The Balaban J connectivity index is 1.51. The molecule has 4 nitrogen and oxygen atoms in total. The van der Waals surface area contributed by atoms with E-state index in [1.54, 1.807) is 6.20 Å². The van der Waals surface area contributed by atoms with Crippen molar-refractivity contribution in [1.29, 1.82) is 0 Å². The number of fused-ring (bicyclic) bond motifs is 1. The number of aryl methyl sites for hydroxylation is 3. The lowest BCUT2D eigenvalue weighted by atomic mass is 9.89. The minimum absolute atomic E-state index is 0.0375. The Morgan fingerprint density at radius 3 is 2.74 bits per heavy atom. The summed E-state index contributed by atoms with van der Waals surface area (Å²) >= 11 is 1.40. The molecule has 27 heavy (non-hydrogen) atoms. The first-order valence-corrected chi connectivity index (χ1v) is 10.2. The van der Waals surface area contributed by atoms with Crippen molar-refractivity contribution in [2.75, 3.05) is 0 Å². The molecule has 2 aromatic heterocycles. The lowest BCUT2D eigenvalue weighted by Crippen LogP contribution is -2.26. The van der Waals surface area contributed by atoms with Crippen LogP contribution < -0.4 is 5.32 Å². The molecule has 4 rings (SSSR count). The Morgan fingerprint density at radius 2 is 1.96 bits per heavy atom. The highest BCUT2D eigenvalue weighted by Gasteiger charge is 2.19. The highest BCUT2D eigenvalue weighted by molar-refractivity contribution is 7.17. The number of nitrogens with zero attached hydrogens (tertiary/aromatic N) is 2. The molecule has 3 aromatic rings. The van der Waals surface area contributed by atoms with Crippen LogP contribution in [0.4, 0.5) is 0 Å². The van der Waals surface area contributed by atoms with Gasteiger partial charge in [-0.2, -0.15) is 0 Å². The molecule has 5 heteroatoms. The van der Waals surface area contributed by atoms with Crippen LogP contribution >= 0.6 is 11.3 Å². The largest absolute Gasteiger partial charge is 0.345 e. The van der Waals surface area contributed by atoms with Gasteiger partial charge in [-0.1, -0.05) is 24.3 Å². The summed E-state index contributed by atoms with van der Waals surface area (Å²) in [6, 6.07) is 12.3. The van der Waals surface area contributed by atoms with Crippen LogP contribution in [0.2, 0.25) is 0 Å². The number of carbonyl (C=O) groups excluding carboxylic acids is 1. The number of thiazole rings is 1. The molecule has 138 valence electrons. The van der Waals surface area contributed by atoms with Crippen LogP contribution in [0, 0.1) is 6.92 Å². The molecule has 0 bridgehead atoms. The second-order valence-electron chi connectivity index (χ2n) is 7.08. The van der Waals surface area contributed by atoms with E-state index in [0.717, 1.165) is 28.4 Å². The van der Waals surface area contributed by atoms with E-state index in [1.807, 2.05) is 32.0 Å². The van der Waals surface area contributed by atoms with Crippen molar-refractivity contribution in [3.63, 3.8) is 0 Å². The smallest absolute Gasteiger partial charge is 0.263 e. The van der Waals surface area contributed by atoms with Gasteiger partial charge in [-0.25, -0.2) is 4.98 Å². The van der Waals surface area contributed by atoms with E-state index in [-0.39, 0.29) is 11.9 Å². The van der Waals surface area contributed by atoms with Crippen LogP contribution in [0.5, 0.6) is 0 Å². The third-order valence-corrected chi connectivity index (χ3v) is 6.29. The molecular formula is C22H23N3OS. The normalized spacial score (nSPS) is 14.4. The molecule has 1 aliphatic carbocycles. The average Bonchev–Trinajstić information content (AvgIpc) is 3.10. The van der Waals surface area contributed by atoms with Gasteiger partial charge in [0.05, 0.1) is 17.4 Å². The molecule has 1 aromatic carbocycles. The molecule has 1 N–H and O–H groups in total. The first-order valence-electron chi connectivity index (χ1n) is 9.43. The van der Waals surface area contributed by atoms with Crippen molar-refractivity contribution in [2.45, 2.75) is 45.6 Å². The zero-order valence-corrected chi connectivity index (χ0v) is 16.5. The fourth-order valence-corrected chi connectivity index (χ4v) is 4.52. The second-order valence-corrected chi connectivity index (χ2v) is 8.08. The standard InChI is InChI=1S/C22H23N3OS/c1-14(17-11-10-16-7-3-4-8-18(16)13-17)24-21(26)20-15(2)25-22(27-20)19-9-5-6-12-23-19/h5-6,9-14H,3-4,7-8H2,1-2H3,(H,24,26). The zero-order valence-electron chi connectivity index (χ0n) is 15.7. The second kappa shape index (κ2) is 7.61. The number of carbonyl (C=O) groups is 1. The van der Waals surface area contributed by atoms with Gasteiger partial charge in [0.1, 0.15) is 9.88 Å². The maximum Gasteiger partial charge on any atom is 0.263 e. The maximum absolute atomic E-state index is 12.8. The van der Waals surface area contributed by atoms with Crippen molar-refractivity contribution < 1.29 is 4.79 Å². The first kappa shape index (κ1) is 17.9. The predicted octanol–water partition coefficient (Wildman–Crippen LogP) is 4.88. The van der Waals surface area contributed by atoms with Crippen LogP contribution in [0.15, 0.2) is 42.6 Å². The third-order valence-electron chi connectivity index (χ3n) is 5.11. The van der Waals surface area contributed by atoms with Gasteiger partial charge in [0, 0.05) is 6.20 Å². The van der Waals surface area contributed by atoms with Crippen molar-refractivity contribution in [2.24, 2.45) is 0 Å². The van der Waals surface area contributed by atoms with Gasteiger partial charge in [0.2, 0.25) is 0 Å². The molecule has 2 heterocycles. The summed E-state index contributed by atoms with van der Waals surface area (Å²) in [7, 11) is 0. The van der Waals surface area contributed by atoms with Crippen molar-refractivity contribution in [3.8, 4) is 10.7 Å². The summed E-state index contributed by atoms with van der Waals surface area (Å²) < 4.78 is 0. The van der Waals surface area contributed by atoms with E-state index in [2.05, 4.69) is 33.5 Å². The molecule has 1 unspecified atom stereocenters. The van der Waals surface area contributed by atoms with Gasteiger partial charge in [-0.3, -0.25) is 9.78 Å². The fraction of sp³-hybridized carbons (Fsp3) is 0.318. The lowest BCUT2D eigenvalue weighted by Gasteiger charge is -2.20. The lowest BCUT2D eigenvalue weighted by molar-refractivity contribution is 0.0943. The third kappa shape index (κ3) is 3.78. The summed E-state index contributed by atoms with van der Waals surface area (Å²) in [6.45, 7) is 3.92. The van der Waals surface area contributed by atoms with Crippen molar-refractivity contribution >= 4 is 17.2 Å². The highest BCUT2D eigenvalue weighted by Crippen LogP contribution is 2.28. The molecule has 0 aliphatic heterocycles. The number of rotatable bonds is 4. The maximum atomic E-state index is 12.8. The number of aromatic nitrogens is 2.